The fourth-order valence-electron chi connectivity index (χ4n) is 5.54. The summed E-state index contributed by atoms with van der Waals surface area (Å²) in [6.07, 6.45) is 14.8. The largest absolute Gasteiger partial charge is 0.388 e. The van der Waals surface area contributed by atoms with Gasteiger partial charge in [-0.25, -0.2) is 0 Å². The van der Waals surface area contributed by atoms with E-state index in [0.29, 0.717) is 25.4 Å². The maximum atomic E-state index is 12.4. The third kappa shape index (κ3) is 25.1. The molecule has 3 atom stereocenters. The number of likely N-dealkylation sites (tertiary alicyclic amines) is 1. The van der Waals surface area contributed by atoms with Gasteiger partial charge in [-0.15, -0.1) is 0 Å². The minimum Gasteiger partial charge on any atom is -0.388 e. The Morgan fingerprint density at radius 2 is 1.58 bits per heavy atom. The number of nitrogens with two attached hydrogens (primary N) is 1. The number of H-pyrrole nitrogens is 1. The molecule has 12 nitrogen and oxygen atoms in total. The molecule has 1 aliphatic heterocycles. The fraction of sp³-hybridized carbons (Fsp3) is 0.574. The number of unbranched alkanes of at least 4 members (excludes halogenated alkanes) is 3. The van der Waals surface area contributed by atoms with Crippen LogP contribution in [0, 0.1) is 17.3 Å². The van der Waals surface area contributed by atoms with Crippen molar-refractivity contribution in [3.63, 3.8) is 0 Å². The molecule has 2 saturated carbocycles. The first kappa shape index (κ1) is 57.5. The van der Waals surface area contributed by atoms with Crippen molar-refractivity contribution in [2.75, 3.05) is 34.4 Å². The summed E-state index contributed by atoms with van der Waals surface area (Å²) >= 11 is 1.24. The highest BCUT2D eigenvalue weighted by Gasteiger charge is 2.40. The number of rotatable bonds is 11. The Hall–Kier alpha value is -4.62. The lowest BCUT2D eigenvalue weighted by Gasteiger charge is -2.27. The molecule has 3 fully saturated rings. The number of hydrogen-bond acceptors (Lipinski definition) is 8. The van der Waals surface area contributed by atoms with Gasteiger partial charge >= 0.3 is 4.87 Å². The maximum Gasteiger partial charge on any atom is 0.305 e. The smallest absolute Gasteiger partial charge is 0.305 e. The number of para-hydroxylation sites is 1. The second kappa shape index (κ2) is 34.1. The first-order valence-corrected chi connectivity index (χ1v) is 22.1. The van der Waals surface area contributed by atoms with Crippen LogP contribution in [0.1, 0.15) is 122 Å². The summed E-state index contributed by atoms with van der Waals surface area (Å²) in [7, 11) is 4.96. The van der Waals surface area contributed by atoms with Crippen LogP contribution in [0.3, 0.4) is 0 Å². The molecular weight excluding hydrogens is 779 g/mol. The van der Waals surface area contributed by atoms with Gasteiger partial charge in [-0.3, -0.25) is 24.0 Å². The summed E-state index contributed by atoms with van der Waals surface area (Å²) in [4.78, 5) is 71.2. The third-order valence-corrected chi connectivity index (χ3v) is 10.1. The van der Waals surface area contributed by atoms with Crippen LogP contribution in [0.4, 0.5) is 0 Å². The molecule has 0 radical (unpaired) electrons. The molecule has 1 saturated heterocycles. The predicted octanol–water partition coefficient (Wildman–Crippen LogP) is 9.03. The number of carbonyl (C=O) groups excluding carboxylic acids is 5. The van der Waals surface area contributed by atoms with Crippen molar-refractivity contribution in [1.29, 1.82) is 0 Å². The number of methoxy groups -OCH3 is 1. The highest BCUT2D eigenvalue weighted by molar-refractivity contribution is 7.16. The summed E-state index contributed by atoms with van der Waals surface area (Å²) < 4.78 is 5.27. The van der Waals surface area contributed by atoms with Gasteiger partial charge in [0.2, 0.25) is 23.6 Å². The van der Waals surface area contributed by atoms with E-state index in [-0.39, 0.29) is 37.9 Å². The summed E-state index contributed by atoms with van der Waals surface area (Å²) in [6, 6.07) is 16.6. The molecule has 2 aliphatic carbocycles. The molecule has 2 aromatic carbocycles. The van der Waals surface area contributed by atoms with Crippen LogP contribution in [0.15, 0.2) is 71.5 Å². The van der Waals surface area contributed by atoms with Crippen LogP contribution in [-0.2, 0) is 35.3 Å². The Kier molecular flexibility index (Phi) is 32.7. The average Bonchev–Trinajstić information content (AvgIpc) is 4.06. The monoisotopic (exact) mass is 860 g/mol. The number of ether oxygens (including phenoxy) is 1. The van der Waals surface area contributed by atoms with Gasteiger partial charge in [-0.1, -0.05) is 127 Å². The number of nitrogens with one attached hydrogen (secondary N) is 2. The van der Waals surface area contributed by atoms with Crippen molar-refractivity contribution in [2.45, 2.75) is 126 Å². The Morgan fingerprint density at radius 1 is 1.02 bits per heavy atom. The lowest BCUT2D eigenvalue weighted by Crippen LogP contribution is -2.48. The fourth-order valence-corrected chi connectivity index (χ4v) is 6.28. The molecule has 4 N–H and O–H groups in total. The second-order valence-electron chi connectivity index (χ2n) is 14.6. The van der Waals surface area contributed by atoms with Gasteiger partial charge in [0, 0.05) is 50.1 Å². The molecule has 13 heteroatoms. The molecule has 3 aromatic rings. The number of carbonyl (C=O) groups is 5. The number of benzene rings is 2. The zero-order valence-corrected chi connectivity index (χ0v) is 39.3. The van der Waals surface area contributed by atoms with E-state index in [9.17, 15) is 24.0 Å². The standard InChI is InChI=1S/C16H21N3O3.C12H21NO.C7H5NOS.C5H10.C2H6O.2C2H6.CH2O.2H2/c1-12(20)18(10-13-6-3-2-4-7-13)11-15(21)19-9-5-8-14(19)16(17)22;1-3-4-5-6-7-8-10-9-11(10)12(14)13-2;9-7-8-5-3-1-2-4-6(5)10-7;1-5(2)3-4-5;1-3-2;3*1-2;;/h2-4,6-7,14H,5,8-11H2,1H3,(H2,17,22);7-8,10-11H,3-6,9H2,1-2H3,(H,13,14);1-4H,(H,8,9);3-4H2,1-2H3;1-2H3;2*1-2H3;1H2;2*1H/b;8-7-;;;;;;;;/t14-;10-,11+;;;;;;;;/m01......../s1. The minimum atomic E-state index is -0.543. The molecule has 2 heterocycles. The predicted molar refractivity (Wildman–Crippen MR) is 253 cm³/mol. The third-order valence-electron chi connectivity index (χ3n) is 9.25. The van der Waals surface area contributed by atoms with E-state index in [1.54, 1.807) is 21.3 Å². The number of fused-ring (bicyclic) bond motifs is 1. The van der Waals surface area contributed by atoms with Gasteiger partial charge in [0.05, 0.1) is 10.2 Å². The SMILES string of the molecule is C=O.CC.CC.CC(=O)N(CC(=O)N1CCC[C@H]1C(N)=O)Cc1ccccc1.CC1(C)CC1.CCCCC/C=C\[C@@H]1C[C@@H]1C(=O)NC.COC.O=c1[nH]c2ccccc2s1.[HH].[HH]. The number of primary amides is 1. The molecule has 0 unspecified atom stereocenters. The lowest BCUT2D eigenvalue weighted by atomic mass is 10.2. The summed E-state index contributed by atoms with van der Waals surface area (Å²) in [5.41, 5.74) is 7.96. The van der Waals surface area contributed by atoms with Gasteiger partial charge in [-0.05, 0) is 74.0 Å². The number of hydrogen-bond donors (Lipinski definition) is 3. The molecular formula is C47H81N5O7S. The molecule has 0 bridgehead atoms. The Balaban J connectivity index is -0.000000362. The van der Waals surface area contributed by atoms with Gasteiger partial charge in [0.15, 0.2) is 0 Å². The Bertz CT molecular complexity index is 1660. The summed E-state index contributed by atoms with van der Waals surface area (Å²) in [5.74, 6) is 0.106. The van der Waals surface area contributed by atoms with Gasteiger partial charge in [0.25, 0.3) is 0 Å². The van der Waals surface area contributed by atoms with Crippen LogP contribution in [0.25, 0.3) is 10.2 Å². The molecule has 1 aromatic heterocycles. The summed E-state index contributed by atoms with van der Waals surface area (Å²) in [6.45, 7) is 19.1. The number of allylic oxidation sites excluding steroid dienone is 2. The van der Waals surface area contributed by atoms with Crippen molar-refractivity contribution in [3.05, 3.63) is 82.0 Å². The van der Waals surface area contributed by atoms with Crippen molar-refractivity contribution in [1.82, 2.24) is 20.1 Å². The number of amides is 4. The topological polar surface area (TPSA) is 172 Å². The highest BCUT2D eigenvalue weighted by atomic mass is 32.1. The van der Waals surface area contributed by atoms with Crippen LogP contribution in [0.2, 0.25) is 0 Å². The molecule has 4 amide bonds. The average molecular weight is 860 g/mol. The van der Waals surface area contributed by atoms with Crippen molar-refractivity contribution >= 4 is 52.0 Å². The van der Waals surface area contributed by atoms with Gasteiger partial charge < -0.3 is 35.4 Å². The normalized spacial score (nSPS) is 17.1. The minimum absolute atomic E-state index is 0. The molecule has 0 spiro atoms. The molecule has 60 heavy (non-hydrogen) atoms. The van der Waals surface area contributed by atoms with Gasteiger partial charge in [-0.2, -0.15) is 0 Å². The van der Waals surface area contributed by atoms with Crippen molar-refractivity contribution in [2.24, 2.45) is 23.0 Å². The van der Waals surface area contributed by atoms with Crippen molar-refractivity contribution < 1.29 is 31.6 Å². The van der Waals surface area contributed by atoms with Crippen molar-refractivity contribution in [3.8, 4) is 0 Å². The van der Waals surface area contributed by atoms with E-state index < -0.39 is 11.9 Å². The van der Waals surface area contributed by atoms with E-state index in [0.717, 1.165) is 34.0 Å². The van der Waals surface area contributed by atoms with Crippen LogP contribution in [-0.4, -0.2) is 85.6 Å². The van der Waals surface area contributed by atoms with Crippen LogP contribution in [0.5, 0.6) is 0 Å². The number of aromatic amines is 1. The van der Waals surface area contributed by atoms with E-state index in [4.69, 9.17) is 10.5 Å². The summed E-state index contributed by atoms with van der Waals surface area (Å²) in [5, 5.41) is 2.69. The Morgan fingerprint density at radius 3 is 2.08 bits per heavy atom. The number of thiazole rings is 1. The Labute approximate surface area is 367 Å². The van der Waals surface area contributed by atoms with E-state index >= 15 is 0 Å². The highest BCUT2D eigenvalue weighted by Crippen LogP contribution is 2.43. The van der Waals surface area contributed by atoms with E-state index in [2.05, 4.69) is 48.0 Å². The second-order valence-corrected chi connectivity index (χ2v) is 15.7. The molecule has 342 valence electrons. The van der Waals surface area contributed by atoms with E-state index in [1.807, 2.05) is 89.1 Å². The maximum absolute atomic E-state index is 12.4. The van der Waals surface area contributed by atoms with E-state index in [1.165, 1.54) is 66.6 Å². The lowest BCUT2D eigenvalue weighted by molar-refractivity contribution is -0.142. The first-order valence-electron chi connectivity index (χ1n) is 21.3. The van der Waals surface area contributed by atoms with Gasteiger partial charge in [0.1, 0.15) is 19.4 Å². The number of nitrogens with zero attached hydrogens (tertiary/aromatic N) is 2. The zero-order chi connectivity index (χ0) is 46.1. The quantitative estimate of drug-likeness (QED) is 0.128. The number of aromatic nitrogens is 1. The van der Waals surface area contributed by atoms with Crippen LogP contribution < -0.4 is 15.9 Å². The van der Waals surface area contributed by atoms with Crippen LogP contribution >= 0.6 is 11.3 Å². The zero-order valence-electron chi connectivity index (χ0n) is 38.5. The molecule has 3 aliphatic rings. The first-order chi connectivity index (χ1) is 28.8. The molecule has 6 rings (SSSR count).